The number of anilines is 2. The van der Waals surface area contributed by atoms with Crippen molar-refractivity contribution in [2.75, 3.05) is 45.7 Å². The first kappa shape index (κ1) is 23.8. The number of para-hydroxylation sites is 1. The minimum absolute atomic E-state index is 0.0876. The van der Waals surface area contributed by atoms with Crippen LogP contribution in [0.25, 0.3) is 10.9 Å². The largest absolute Gasteiger partial charge is 0.497 e. The van der Waals surface area contributed by atoms with Gasteiger partial charge in [-0.2, -0.15) is 0 Å². The van der Waals surface area contributed by atoms with E-state index < -0.39 is 0 Å². The molecule has 3 aromatic rings. The second-order valence-electron chi connectivity index (χ2n) is 8.92. The number of rotatable bonds is 9. The first-order valence-electron chi connectivity index (χ1n) is 12.0. The predicted octanol–water partition coefficient (Wildman–Crippen LogP) is 4.85. The molecule has 0 saturated carbocycles. The molecule has 1 atom stereocenters. The number of methoxy groups -OCH3 is 2. The van der Waals surface area contributed by atoms with Crippen LogP contribution in [-0.4, -0.2) is 56.2 Å². The highest BCUT2D eigenvalue weighted by atomic mass is 16.5. The molecule has 2 heterocycles. The van der Waals surface area contributed by atoms with Gasteiger partial charge in [-0.3, -0.25) is 4.79 Å². The number of nitrogens with one attached hydrogen (secondary N) is 2. The summed E-state index contributed by atoms with van der Waals surface area (Å²) in [5.74, 6) is 2.59. The molecule has 1 amide bonds. The topological polar surface area (TPSA) is 75.7 Å². The second kappa shape index (κ2) is 11.2. The van der Waals surface area contributed by atoms with Crippen LogP contribution in [0.3, 0.4) is 0 Å². The molecule has 0 aliphatic carbocycles. The number of hydrogen-bond acceptors (Lipinski definition) is 6. The van der Waals surface area contributed by atoms with Crippen LogP contribution < -0.4 is 20.1 Å². The number of ether oxygens (including phenoxy) is 2. The van der Waals surface area contributed by atoms with E-state index in [9.17, 15) is 4.79 Å². The van der Waals surface area contributed by atoms with E-state index in [1.807, 2.05) is 36.4 Å². The second-order valence-corrected chi connectivity index (χ2v) is 8.92. The number of nitrogens with zero attached hydrogens (tertiary/aromatic N) is 2. The van der Waals surface area contributed by atoms with E-state index in [1.165, 1.54) is 12.8 Å². The third-order valence-electron chi connectivity index (χ3n) is 6.31. The lowest BCUT2D eigenvalue weighted by atomic mass is 10.0. The van der Waals surface area contributed by atoms with Crippen LogP contribution in [0.2, 0.25) is 0 Å². The Morgan fingerprint density at radius 2 is 2.00 bits per heavy atom. The van der Waals surface area contributed by atoms with E-state index in [4.69, 9.17) is 14.5 Å². The Morgan fingerprint density at radius 3 is 2.79 bits per heavy atom. The number of amides is 1. The summed E-state index contributed by atoms with van der Waals surface area (Å²) in [5, 5.41) is 7.24. The molecule has 0 radical (unpaired) electrons. The van der Waals surface area contributed by atoms with E-state index >= 15 is 0 Å². The Morgan fingerprint density at radius 1 is 1.15 bits per heavy atom. The highest BCUT2D eigenvalue weighted by Crippen LogP contribution is 2.32. The van der Waals surface area contributed by atoms with Crippen molar-refractivity contribution >= 4 is 28.3 Å². The number of carbonyl (C=O) groups excluding carboxylic acids is 1. The predicted molar refractivity (Wildman–Crippen MR) is 136 cm³/mol. The monoisotopic (exact) mass is 462 g/mol. The van der Waals surface area contributed by atoms with Crippen LogP contribution in [0.4, 0.5) is 11.5 Å². The van der Waals surface area contributed by atoms with Crippen LogP contribution in [-0.2, 0) is 0 Å². The molecule has 2 aromatic carbocycles. The van der Waals surface area contributed by atoms with Gasteiger partial charge in [-0.05, 0) is 62.5 Å². The van der Waals surface area contributed by atoms with Crippen LogP contribution in [0.5, 0.6) is 11.5 Å². The van der Waals surface area contributed by atoms with Crippen molar-refractivity contribution in [1.29, 1.82) is 0 Å². The van der Waals surface area contributed by atoms with E-state index in [0.29, 0.717) is 29.4 Å². The van der Waals surface area contributed by atoms with Crippen molar-refractivity contribution in [2.24, 2.45) is 5.92 Å². The Kier molecular flexibility index (Phi) is 7.85. The molecule has 1 fully saturated rings. The Labute approximate surface area is 201 Å². The average Bonchev–Trinajstić information content (AvgIpc) is 2.86. The van der Waals surface area contributed by atoms with Gasteiger partial charge in [0.15, 0.2) is 0 Å². The fourth-order valence-electron chi connectivity index (χ4n) is 4.56. The minimum atomic E-state index is -0.0876. The van der Waals surface area contributed by atoms with E-state index in [1.54, 1.807) is 26.4 Å². The third-order valence-corrected chi connectivity index (χ3v) is 6.31. The first-order chi connectivity index (χ1) is 16.6. The molecule has 0 spiro atoms. The van der Waals surface area contributed by atoms with E-state index in [-0.39, 0.29) is 5.91 Å². The van der Waals surface area contributed by atoms with Gasteiger partial charge in [0, 0.05) is 24.5 Å². The summed E-state index contributed by atoms with van der Waals surface area (Å²) in [7, 11) is 3.22. The molecular formula is C27H34N4O3. The van der Waals surface area contributed by atoms with E-state index in [2.05, 4.69) is 22.5 Å². The highest BCUT2D eigenvalue weighted by molar-refractivity contribution is 6.07. The van der Waals surface area contributed by atoms with Crippen LogP contribution in [0.1, 0.15) is 36.5 Å². The number of pyridine rings is 1. The molecule has 7 heteroatoms. The quantitative estimate of drug-likeness (QED) is 0.443. The molecular weight excluding hydrogens is 428 g/mol. The zero-order valence-electron chi connectivity index (χ0n) is 20.3. The lowest BCUT2D eigenvalue weighted by Crippen LogP contribution is -2.36. The SMILES string of the molecule is COc1ccc(Nc2cc(C(=O)NCCCN3CCCC(C)C3)c3ccccc3n2)c(OC)c1. The standard InChI is InChI=1S/C27H34N4O3/c1-19-8-6-14-31(18-19)15-7-13-28-27(32)22-17-26(29-23-10-5-4-9-21(22)23)30-24-12-11-20(33-2)16-25(24)34-3/h4-5,9-12,16-17,19H,6-8,13-15,18H2,1-3H3,(H,28,32)(H,29,30). The maximum absolute atomic E-state index is 13.2. The zero-order chi connectivity index (χ0) is 23.9. The van der Waals surface area contributed by atoms with Crippen LogP contribution in [0.15, 0.2) is 48.5 Å². The van der Waals surface area contributed by atoms with Crippen molar-refractivity contribution in [3.05, 3.63) is 54.1 Å². The zero-order valence-corrected chi connectivity index (χ0v) is 20.3. The number of aromatic nitrogens is 1. The molecule has 1 aliphatic heterocycles. The average molecular weight is 463 g/mol. The Bertz CT molecular complexity index is 1130. The normalized spacial score (nSPS) is 16.3. The molecule has 1 unspecified atom stereocenters. The van der Waals surface area contributed by atoms with Crippen LogP contribution >= 0.6 is 0 Å². The summed E-state index contributed by atoms with van der Waals surface area (Å²) in [4.78, 5) is 20.4. The molecule has 4 rings (SSSR count). The van der Waals surface area contributed by atoms with Gasteiger partial charge in [-0.25, -0.2) is 4.98 Å². The lowest BCUT2D eigenvalue weighted by Gasteiger charge is -2.30. The van der Waals surface area contributed by atoms with Crippen molar-refractivity contribution in [2.45, 2.75) is 26.2 Å². The number of piperidine rings is 1. The van der Waals surface area contributed by atoms with Gasteiger partial charge in [0.2, 0.25) is 0 Å². The number of carbonyl (C=O) groups is 1. The van der Waals surface area contributed by atoms with Crippen molar-refractivity contribution in [3.8, 4) is 11.5 Å². The van der Waals surface area contributed by atoms with Crippen molar-refractivity contribution in [1.82, 2.24) is 15.2 Å². The molecule has 7 nitrogen and oxygen atoms in total. The van der Waals surface area contributed by atoms with Gasteiger partial charge in [0.05, 0.1) is 31.0 Å². The fraction of sp³-hybridized carbons (Fsp3) is 0.407. The molecule has 1 aromatic heterocycles. The molecule has 1 saturated heterocycles. The molecule has 180 valence electrons. The number of benzene rings is 2. The maximum Gasteiger partial charge on any atom is 0.252 e. The summed E-state index contributed by atoms with van der Waals surface area (Å²) >= 11 is 0. The van der Waals surface area contributed by atoms with Gasteiger partial charge in [-0.1, -0.05) is 25.1 Å². The summed E-state index contributed by atoms with van der Waals surface area (Å²) < 4.78 is 10.8. The fourth-order valence-corrected chi connectivity index (χ4v) is 4.56. The summed E-state index contributed by atoms with van der Waals surface area (Å²) in [6.45, 7) is 6.31. The maximum atomic E-state index is 13.2. The molecule has 0 bridgehead atoms. The smallest absolute Gasteiger partial charge is 0.252 e. The van der Waals surface area contributed by atoms with Crippen LogP contribution in [0, 0.1) is 5.92 Å². The Hall–Kier alpha value is -3.32. The lowest BCUT2D eigenvalue weighted by molar-refractivity contribution is 0.0951. The Balaban J connectivity index is 1.48. The summed E-state index contributed by atoms with van der Waals surface area (Å²) in [6, 6.07) is 15.0. The third kappa shape index (κ3) is 5.78. The van der Waals surface area contributed by atoms with Gasteiger partial charge in [-0.15, -0.1) is 0 Å². The number of hydrogen-bond donors (Lipinski definition) is 2. The summed E-state index contributed by atoms with van der Waals surface area (Å²) in [6.07, 6.45) is 3.53. The van der Waals surface area contributed by atoms with Gasteiger partial charge in [0.25, 0.3) is 5.91 Å². The number of likely N-dealkylation sites (tertiary alicyclic amines) is 1. The van der Waals surface area contributed by atoms with Gasteiger partial charge in [0.1, 0.15) is 17.3 Å². The van der Waals surface area contributed by atoms with Gasteiger partial charge >= 0.3 is 0 Å². The summed E-state index contributed by atoms with van der Waals surface area (Å²) in [5.41, 5.74) is 2.10. The molecule has 2 N–H and O–H groups in total. The van der Waals surface area contributed by atoms with Crippen molar-refractivity contribution in [3.63, 3.8) is 0 Å². The molecule has 34 heavy (non-hydrogen) atoms. The van der Waals surface area contributed by atoms with E-state index in [0.717, 1.165) is 48.6 Å². The van der Waals surface area contributed by atoms with Crippen molar-refractivity contribution < 1.29 is 14.3 Å². The highest BCUT2D eigenvalue weighted by Gasteiger charge is 2.17. The molecule has 1 aliphatic rings. The number of fused-ring (bicyclic) bond motifs is 1. The first-order valence-corrected chi connectivity index (χ1v) is 12.0. The van der Waals surface area contributed by atoms with Gasteiger partial charge < -0.3 is 25.0 Å². The minimum Gasteiger partial charge on any atom is -0.497 e.